The zero-order valence-electron chi connectivity index (χ0n) is 13.7. The van der Waals surface area contributed by atoms with Gasteiger partial charge in [-0.1, -0.05) is 6.42 Å². The highest BCUT2D eigenvalue weighted by Gasteiger charge is 2.38. The van der Waals surface area contributed by atoms with Crippen molar-refractivity contribution in [2.24, 2.45) is 17.8 Å². The Balaban J connectivity index is 1.26. The van der Waals surface area contributed by atoms with Crippen LogP contribution in [0.5, 0.6) is 0 Å². The lowest BCUT2D eigenvalue weighted by molar-refractivity contribution is -0.131. The molecule has 124 valence electrons. The van der Waals surface area contributed by atoms with Crippen molar-refractivity contribution in [3.05, 3.63) is 18.6 Å². The quantitative estimate of drug-likeness (QED) is 0.859. The SMILES string of the molecule is O=C(CC1CCN(c2cnccn2)CC1)N1CC2CCCC2C1. The molecule has 3 aliphatic rings. The molecule has 3 fully saturated rings. The summed E-state index contributed by atoms with van der Waals surface area (Å²) in [6.45, 7) is 4.04. The molecule has 0 N–H and O–H groups in total. The topological polar surface area (TPSA) is 49.3 Å². The normalized spacial score (nSPS) is 28.2. The van der Waals surface area contributed by atoms with E-state index in [1.54, 1.807) is 12.4 Å². The maximum atomic E-state index is 12.6. The second-order valence-electron chi connectivity index (χ2n) is 7.45. The molecule has 5 heteroatoms. The number of hydrogen-bond donors (Lipinski definition) is 0. The first kappa shape index (κ1) is 14.9. The second kappa shape index (κ2) is 6.46. The van der Waals surface area contributed by atoms with E-state index >= 15 is 0 Å². The molecule has 0 radical (unpaired) electrons. The van der Waals surface area contributed by atoms with E-state index in [1.165, 1.54) is 19.3 Å². The number of piperidine rings is 1. The van der Waals surface area contributed by atoms with Crippen molar-refractivity contribution in [1.29, 1.82) is 0 Å². The molecule has 23 heavy (non-hydrogen) atoms. The van der Waals surface area contributed by atoms with Crippen LogP contribution in [0.25, 0.3) is 0 Å². The predicted molar refractivity (Wildman–Crippen MR) is 89.0 cm³/mol. The lowest BCUT2D eigenvalue weighted by atomic mass is 9.93. The van der Waals surface area contributed by atoms with Gasteiger partial charge in [-0.3, -0.25) is 9.78 Å². The molecule has 0 bridgehead atoms. The van der Waals surface area contributed by atoms with E-state index in [2.05, 4.69) is 19.8 Å². The number of carbonyl (C=O) groups excluding carboxylic acids is 1. The van der Waals surface area contributed by atoms with E-state index in [1.807, 2.05) is 6.20 Å². The summed E-state index contributed by atoms with van der Waals surface area (Å²) < 4.78 is 0. The number of fused-ring (bicyclic) bond motifs is 1. The molecule has 2 unspecified atom stereocenters. The van der Waals surface area contributed by atoms with Crippen LogP contribution >= 0.6 is 0 Å². The van der Waals surface area contributed by atoms with Gasteiger partial charge in [0.15, 0.2) is 0 Å². The Morgan fingerprint density at radius 3 is 2.48 bits per heavy atom. The minimum absolute atomic E-state index is 0.400. The summed E-state index contributed by atoms with van der Waals surface area (Å²) in [7, 11) is 0. The zero-order valence-corrected chi connectivity index (χ0v) is 13.7. The molecule has 2 atom stereocenters. The van der Waals surface area contributed by atoms with Crippen LogP contribution in [0, 0.1) is 17.8 Å². The number of carbonyl (C=O) groups is 1. The van der Waals surface area contributed by atoms with E-state index < -0.39 is 0 Å². The number of nitrogens with zero attached hydrogens (tertiary/aromatic N) is 4. The van der Waals surface area contributed by atoms with Gasteiger partial charge >= 0.3 is 0 Å². The van der Waals surface area contributed by atoms with Crippen molar-refractivity contribution >= 4 is 11.7 Å². The molecule has 0 aromatic carbocycles. The smallest absolute Gasteiger partial charge is 0.222 e. The highest BCUT2D eigenvalue weighted by atomic mass is 16.2. The molecular weight excluding hydrogens is 288 g/mol. The van der Waals surface area contributed by atoms with Crippen molar-refractivity contribution in [2.75, 3.05) is 31.1 Å². The number of amides is 1. The summed E-state index contributed by atoms with van der Waals surface area (Å²) in [6, 6.07) is 0. The summed E-state index contributed by atoms with van der Waals surface area (Å²) in [6.07, 6.45) is 12.2. The lowest BCUT2D eigenvalue weighted by Gasteiger charge is -2.33. The number of likely N-dealkylation sites (tertiary alicyclic amines) is 1. The van der Waals surface area contributed by atoms with E-state index in [0.717, 1.165) is 63.1 Å². The lowest BCUT2D eigenvalue weighted by Crippen LogP contribution is -2.37. The van der Waals surface area contributed by atoms with E-state index in [-0.39, 0.29) is 0 Å². The maximum Gasteiger partial charge on any atom is 0.222 e. The maximum absolute atomic E-state index is 12.6. The molecule has 0 spiro atoms. The minimum atomic E-state index is 0.400. The Bertz CT molecular complexity index is 529. The summed E-state index contributed by atoms with van der Waals surface area (Å²) in [5.41, 5.74) is 0. The van der Waals surface area contributed by atoms with Crippen LogP contribution in [0.1, 0.15) is 38.5 Å². The first-order valence-corrected chi connectivity index (χ1v) is 9.08. The van der Waals surface area contributed by atoms with Crippen LogP contribution in [0.3, 0.4) is 0 Å². The summed E-state index contributed by atoms with van der Waals surface area (Å²) in [5, 5.41) is 0. The fourth-order valence-electron chi connectivity index (χ4n) is 4.64. The van der Waals surface area contributed by atoms with Crippen LogP contribution in [-0.4, -0.2) is 47.0 Å². The van der Waals surface area contributed by atoms with Gasteiger partial charge in [-0.15, -0.1) is 0 Å². The third-order valence-electron chi connectivity index (χ3n) is 6.03. The Morgan fingerprint density at radius 1 is 1.09 bits per heavy atom. The molecule has 4 rings (SSSR count). The first-order chi connectivity index (χ1) is 11.3. The fraction of sp³-hybridized carbons (Fsp3) is 0.722. The second-order valence-corrected chi connectivity index (χ2v) is 7.45. The van der Waals surface area contributed by atoms with Crippen LogP contribution in [0.15, 0.2) is 18.6 Å². The molecule has 1 amide bonds. The summed E-state index contributed by atoms with van der Waals surface area (Å²) >= 11 is 0. The van der Waals surface area contributed by atoms with Crippen LogP contribution in [0.4, 0.5) is 5.82 Å². The van der Waals surface area contributed by atoms with Gasteiger partial charge in [0.2, 0.25) is 5.91 Å². The third kappa shape index (κ3) is 3.19. The van der Waals surface area contributed by atoms with Gasteiger partial charge in [-0.2, -0.15) is 0 Å². The molecule has 2 saturated heterocycles. The Hall–Kier alpha value is -1.65. The first-order valence-electron chi connectivity index (χ1n) is 9.08. The average Bonchev–Trinajstić information content (AvgIpc) is 3.18. The minimum Gasteiger partial charge on any atom is -0.355 e. The van der Waals surface area contributed by atoms with Crippen molar-refractivity contribution in [3.8, 4) is 0 Å². The molecule has 1 aromatic rings. The monoisotopic (exact) mass is 314 g/mol. The molecule has 1 aliphatic carbocycles. The summed E-state index contributed by atoms with van der Waals surface area (Å²) in [4.78, 5) is 25.5. The number of anilines is 1. The van der Waals surface area contributed by atoms with Crippen molar-refractivity contribution in [3.63, 3.8) is 0 Å². The van der Waals surface area contributed by atoms with E-state index in [4.69, 9.17) is 0 Å². The Kier molecular flexibility index (Phi) is 4.19. The van der Waals surface area contributed by atoms with Crippen molar-refractivity contribution in [2.45, 2.75) is 38.5 Å². The standard InChI is InChI=1S/C18H26N4O/c23-18(22-12-15-2-1-3-16(15)13-22)10-14-4-8-21(9-5-14)17-11-19-6-7-20-17/h6-7,11,14-16H,1-5,8-10,12-13H2. The molecular formula is C18H26N4O. The van der Waals surface area contributed by atoms with Crippen molar-refractivity contribution in [1.82, 2.24) is 14.9 Å². The molecule has 1 aromatic heterocycles. The van der Waals surface area contributed by atoms with Crippen molar-refractivity contribution < 1.29 is 4.79 Å². The number of rotatable bonds is 3. The van der Waals surface area contributed by atoms with Gasteiger partial charge in [0, 0.05) is 45.0 Å². The van der Waals surface area contributed by atoms with Gasteiger partial charge in [0.25, 0.3) is 0 Å². The van der Waals surface area contributed by atoms with Crippen LogP contribution in [-0.2, 0) is 4.79 Å². The largest absolute Gasteiger partial charge is 0.355 e. The zero-order chi connectivity index (χ0) is 15.6. The summed E-state index contributed by atoms with van der Waals surface area (Å²) in [5.74, 6) is 3.51. The Labute approximate surface area is 138 Å². The van der Waals surface area contributed by atoms with Gasteiger partial charge < -0.3 is 9.80 Å². The van der Waals surface area contributed by atoms with Gasteiger partial charge in [-0.05, 0) is 43.4 Å². The third-order valence-corrected chi connectivity index (χ3v) is 6.03. The van der Waals surface area contributed by atoms with E-state index in [9.17, 15) is 4.79 Å². The Morgan fingerprint density at radius 2 is 1.83 bits per heavy atom. The number of aromatic nitrogens is 2. The van der Waals surface area contributed by atoms with Crippen LogP contribution in [0.2, 0.25) is 0 Å². The van der Waals surface area contributed by atoms with Gasteiger partial charge in [0.1, 0.15) is 5.82 Å². The molecule has 3 heterocycles. The van der Waals surface area contributed by atoms with Gasteiger partial charge in [-0.25, -0.2) is 4.98 Å². The molecule has 5 nitrogen and oxygen atoms in total. The van der Waals surface area contributed by atoms with Crippen LogP contribution < -0.4 is 4.90 Å². The predicted octanol–water partition coefficient (Wildman–Crippen LogP) is 2.34. The molecule has 1 saturated carbocycles. The highest BCUT2D eigenvalue weighted by molar-refractivity contribution is 5.76. The van der Waals surface area contributed by atoms with E-state index in [0.29, 0.717) is 11.8 Å². The fourth-order valence-corrected chi connectivity index (χ4v) is 4.64. The average molecular weight is 314 g/mol. The number of hydrogen-bond acceptors (Lipinski definition) is 4. The molecule has 2 aliphatic heterocycles. The highest BCUT2D eigenvalue weighted by Crippen LogP contribution is 2.38. The van der Waals surface area contributed by atoms with Gasteiger partial charge in [0.05, 0.1) is 6.20 Å².